The lowest BCUT2D eigenvalue weighted by Crippen LogP contribution is -2.54. The molecule has 2 amide bonds. The van der Waals surface area contributed by atoms with Gasteiger partial charge in [0.15, 0.2) is 0 Å². The molecule has 128 valence electrons. The summed E-state index contributed by atoms with van der Waals surface area (Å²) in [4.78, 5) is 27.4. The fourth-order valence-electron chi connectivity index (χ4n) is 2.96. The Labute approximate surface area is 137 Å². The van der Waals surface area contributed by atoms with Crippen LogP contribution >= 0.6 is 0 Å². The lowest BCUT2D eigenvalue weighted by Gasteiger charge is -2.31. The van der Waals surface area contributed by atoms with E-state index in [-0.39, 0.29) is 5.91 Å². The summed E-state index contributed by atoms with van der Waals surface area (Å²) in [6, 6.07) is 1.77. The number of aromatic amines is 1. The summed E-state index contributed by atoms with van der Waals surface area (Å²) in [5, 5.41) is 5.93. The van der Waals surface area contributed by atoms with Crippen LogP contribution in [-0.2, 0) is 4.74 Å². The molecule has 1 aromatic rings. The van der Waals surface area contributed by atoms with E-state index >= 15 is 0 Å². The van der Waals surface area contributed by atoms with Gasteiger partial charge in [0.25, 0.3) is 5.91 Å². The predicted octanol–water partition coefficient (Wildman–Crippen LogP) is 2.89. The highest BCUT2D eigenvalue weighted by Crippen LogP contribution is 2.29. The van der Waals surface area contributed by atoms with Gasteiger partial charge < -0.3 is 20.4 Å². The first-order chi connectivity index (χ1) is 10.7. The van der Waals surface area contributed by atoms with Crippen molar-refractivity contribution in [2.75, 3.05) is 6.54 Å². The van der Waals surface area contributed by atoms with Crippen LogP contribution in [0.15, 0.2) is 12.3 Å². The molecule has 0 radical (unpaired) electrons. The van der Waals surface area contributed by atoms with Crippen LogP contribution in [0.3, 0.4) is 0 Å². The molecule has 0 spiro atoms. The molecule has 1 aromatic heterocycles. The van der Waals surface area contributed by atoms with Gasteiger partial charge in [-0.2, -0.15) is 0 Å². The molecule has 2 rings (SSSR count). The van der Waals surface area contributed by atoms with E-state index in [4.69, 9.17) is 4.74 Å². The van der Waals surface area contributed by atoms with Gasteiger partial charge in [-0.15, -0.1) is 0 Å². The van der Waals surface area contributed by atoms with Crippen LogP contribution in [0.25, 0.3) is 0 Å². The smallest absolute Gasteiger partial charge is 0.407 e. The highest BCUT2D eigenvalue weighted by Gasteiger charge is 2.36. The predicted molar refractivity (Wildman–Crippen MR) is 88.4 cm³/mol. The number of alkyl carbamates (subject to hydrolysis) is 1. The summed E-state index contributed by atoms with van der Waals surface area (Å²) < 4.78 is 5.27. The second kappa shape index (κ2) is 6.64. The molecular weight excluding hydrogens is 294 g/mol. The van der Waals surface area contributed by atoms with Crippen LogP contribution in [0.4, 0.5) is 4.79 Å². The third-order valence-corrected chi connectivity index (χ3v) is 4.11. The van der Waals surface area contributed by atoms with Crippen molar-refractivity contribution in [3.8, 4) is 0 Å². The minimum Gasteiger partial charge on any atom is -0.444 e. The van der Waals surface area contributed by atoms with Gasteiger partial charge in [-0.05, 0) is 46.6 Å². The number of hydrogen-bond donors (Lipinski definition) is 3. The summed E-state index contributed by atoms with van der Waals surface area (Å²) in [7, 11) is 0. The molecule has 0 bridgehead atoms. The number of hydrogen-bond acceptors (Lipinski definition) is 3. The van der Waals surface area contributed by atoms with Gasteiger partial charge in [-0.25, -0.2) is 4.79 Å². The van der Waals surface area contributed by atoms with Gasteiger partial charge in [-0.1, -0.05) is 12.8 Å². The van der Waals surface area contributed by atoms with Crippen molar-refractivity contribution in [2.24, 2.45) is 0 Å². The third kappa shape index (κ3) is 4.74. The maximum Gasteiger partial charge on any atom is 0.407 e. The highest BCUT2D eigenvalue weighted by molar-refractivity contribution is 5.95. The fraction of sp³-hybridized carbons (Fsp3) is 0.647. The van der Waals surface area contributed by atoms with E-state index in [1.54, 1.807) is 12.3 Å². The van der Waals surface area contributed by atoms with Gasteiger partial charge in [0.05, 0.1) is 11.1 Å². The molecular formula is C17H27N3O3. The number of H-pyrrole nitrogens is 1. The van der Waals surface area contributed by atoms with Crippen LogP contribution < -0.4 is 10.6 Å². The Hall–Kier alpha value is -1.98. The maximum absolute atomic E-state index is 12.5. The van der Waals surface area contributed by atoms with Crippen molar-refractivity contribution in [1.82, 2.24) is 15.6 Å². The average Bonchev–Trinajstić information content (AvgIpc) is 3.04. The molecule has 6 heteroatoms. The quantitative estimate of drug-likeness (QED) is 0.797. The molecule has 0 aromatic carbocycles. The van der Waals surface area contributed by atoms with Gasteiger partial charge in [0.2, 0.25) is 0 Å². The topological polar surface area (TPSA) is 83.2 Å². The molecule has 6 nitrogen and oxygen atoms in total. The monoisotopic (exact) mass is 321 g/mol. The number of aryl methyl sites for hydroxylation is 1. The minimum atomic E-state index is -0.529. The first-order valence-corrected chi connectivity index (χ1v) is 8.14. The zero-order valence-corrected chi connectivity index (χ0v) is 14.4. The molecule has 0 saturated heterocycles. The molecule has 23 heavy (non-hydrogen) atoms. The minimum absolute atomic E-state index is 0.100. The van der Waals surface area contributed by atoms with Gasteiger partial charge >= 0.3 is 6.09 Å². The maximum atomic E-state index is 12.5. The normalized spacial score (nSPS) is 16.9. The summed E-state index contributed by atoms with van der Waals surface area (Å²) in [6.07, 6.45) is 5.11. The Morgan fingerprint density at radius 1 is 1.30 bits per heavy atom. The van der Waals surface area contributed by atoms with Crippen molar-refractivity contribution >= 4 is 12.0 Å². The highest BCUT2D eigenvalue weighted by atomic mass is 16.6. The zero-order chi connectivity index (χ0) is 17.1. The fourth-order valence-corrected chi connectivity index (χ4v) is 2.96. The Bertz CT molecular complexity index is 566. The van der Waals surface area contributed by atoms with Crippen LogP contribution in [0, 0.1) is 6.92 Å². The summed E-state index contributed by atoms with van der Waals surface area (Å²) in [5.41, 5.74) is 0.570. The van der Waals surface area contributed by atoms with Crippen molar-refractivity contribution in [2.45, 2.75) is 64.5 Å². The number of nitrogens with one attached hydrogen (secondary N) is 3. The molecule has 1 aliphatic carbocycles. The second-order valence-electron chi connectivity index (χ2n) is 7.31. The van der Waals surface area contributed by atoms with E-state index in [9.17, 15) is 9.59 Å². The van der Waals surface area contributed by atoms with E-state index < -0.39 is 17.2 Å². The van der Waals surface area contributed by atoms with Gasteiger partial charge in [-0.3, -0.25) is 4.79 Å². The molecule has 1 aliphatic rings. The molecule has 1 saturated carbocycles. The third-order valence-electron chi connectivity index (χ3n) is 4.11. The Morgan fingerprint density at radius 2 is 1.96 bits per heavy atom. The summed E-state index contributed by atoms with van der Waals surface area (Å²) in [6.45, 7) is 7.74. The molecule has 0 atom stereocenters. The number of carbonyl (C=O) groups is 2. The van der Waals surface area contributed by atoms with E-state index in [0.29, 0.717) is 12.1 Å². The standard InChI is InChI=1S/C17H27N3O3/c1-12-13(7-10-18-12)14(21)20-17(8-5-6-9-17)11-19-15(22)23-16(2,3)4/h7,10,18H,5-6,8-9,11H2,1-4H3,(H,19,22)(H,20,21). The SMILES string of the molecule is Cc1[nH]ccc1C(=O)NC1(CNC(=O)OC(C)(C)C)CCCC1. The molecule has 0 unspecified atom stereocenters. The van der Waals surface area contributed by atoms with Crippen molar-refractivity contribution in [3.05, 3.63) is 23.5 Å². The van der Waals surface area contributed by atoms with Crippen molar-refractivity contribution < 1.29 is 14.3 Å². The first kappa shape index (κ1) is 17.4. The molecule has 3 N–H and O–H groups in total. The van der Waals surface area contributed by atoms with Crippen LogP contribution in [0.5, 0.6) is 0 Å². The van der Waals surface area contributed by atoms with Crippen LogP contribution in [0.2, 0.25) is 0 Å². The van der Waals surface area contributed by atoms with E-state index in [1.807, 2.05) is 27.7 Å². The molecule has 1 heterocycles. The van der Waals surface area contributed by atoms with Gasteiger partial charge in [0, 0.05) is 18.4 Å². The van der Waals surface area contributed by atoms with Crippen LogP contribution in [0.1, 0.15) is 62.5 Å². The largest absolute Gasteiger partial charge is 0.444 e. The Morgan fingerprint density at radius 3 is 2.48 bits per heavy atom. The first-order valence-electron chi connectivity index (χ1n) is 8.14. The number of ether oxygens (including phenoxy) is 1. The zero-order valence-electron chi connectivity index (χ0n) is 14.4. The Balaban J connectivity index is 1.98. The lowest BCUT2D eigenvalue weighted by atomic mass is 9.96. The molecule has 1 fully saturated rings. The van der Waals surface area contributed by atoms with E-state index in [0.717, 1.165) is 31.4 Å². The van der Waals surface area contributed by atoms with E-state index in [2.05, 4.69) is 15.6 Å². The number of carbonyl (C=O) groups excluding carboxylic acids is 2. The number of rotatable bonds is 4. The summed E-state index contributed by atoms with van der Waals surface area (Å²) >= 11 is 0. The number of amides is 2. The average molecular weight is 321 g/mol. The second-order valence-corrected chi connectivity index (χ2v) is 7.31. The number of aromatic nitrogens is 1. The molecule has 0 aliphatic heterocycles. The summed E-state index contributed by atoms with van der Waals surface area (Å²) in [5.74, 6) is -0.100. The Kier molecular flexibility index (Phi) is 5.02. The lowest BCUT2D eigenvalue weighted by molar-refractivity contribution is 0.0504. The van der Waals surface area contributed by atoms with Gasteiger partial charge in [0.1, 0.15) is 5.60 Å². The van der Waals surface area contributed by atoms with Crippen molar-refractivity contribution in [1.29, 1.82) is 0 Å². The van der Waals surface area contributed by atoms with Crippen molar-refractivity contribution in [3.63, 3.8) is 0 Å². The van der Waals surface area contributed by atoms with E-state index in [1.165, 1.54) is 0 Å². The van der Waals surface area contributed by atoms with Crippen LogP contribution in [-0.4, -0.2) is 34.7 Å².